The van der Waals surface area contributed by atoms with Gasteiger partial charge in [0.1, 0.15) is 6.79 Å². The Morgan fingerprint density at radius 3 is 1.79 bits per heavy atom. The number of phenols is 1. The van der Waals surface area contributed by atoms with Crippen molar-refractivity contribution in [2.75, 3.05) is 0 Å². The molecule has 6 heteroatoms. The fourth-order valence-electron chi connectivity index (χ4n) is 1.49. The largest absolute Gasteiger partial charge is 0.504 e. The molecule has 2 aromatic rings. The average Bonchev–Trinajstić information content (AvgIpc) is 2.46. The maximum atomic E-state index is 13.4. The van der Waals surface area contributed by atoms with E-state index in [1.807, 2.05) is 6.79 Å². The van der Waals surface area contributed by atoms with Crippen molar-refractivity contribution in [2.24, 2.45) is 0 Å². The van der Waals surface area contributed by atoms with E-state index in [0.717, 1.165) is 0 Å². The molecule has 0 aliphatic rings. The summed E-state index contributed by atoms with van der Waals surface area (Å²) in [5.74, 6) is -8.64. The van der Waals surface area contributed by atoms with Crippen LogP contribution in [-0.4, -0.2) is 11.9 Å². The van der Waals surface area contributed by atoms with Crippen molar-refractivity contribution in [2.45, 2.75) is 0 Å². The molecule has 100 valence electrons. The maximum Gasteiger partial charge on any atom is 0.204 e. The molecule has 1 N–H and O–H groups in total. The monoisotopic (exact) mass is 272 g/mol. The standard InChI is InChI=1S/C12H6F4O.CH2O/c13-8-7(6-4-2-1-3-5-6)12(17)11(16)10(15)9(8)14;1-2/h1-5,17H;1H2. The van der Waals surface area contributed by atoms with E-state index in [2.05, 4.69) is 0 Å². The van der Waals surface area contributed by atoms with Crippen LogP contribution in [0.5, 0.6) is 5.75 Å². The lowest BCUT2D eigenvalue weighted by molar-refractivity contribution is -0.0979. The van der Waals surface area contributed by atoms with Gasteiger partial charge >= 0.3 is 0 Å². The highest BCUT2D eigenvalue weighted by atomic mass is 19.2. The molecule has 0 bridgehead atoms. The van der Waals surface area contributed by atoms with Gasteiger partial charge in [0.25, 0.3) is 0 Å². The Morgan fingerprint density at radius 1 is 0.789 bits per heavy atom. The summed E-state index contributed by atoms with van der Waals surface area (Å²) in [7, 11) is 0. The first kappa shape index (κ1) is 14.7. The number of benzene rings is 2. The topological polar surface area (TPSA) is 37.3 Å². The van der Waals surface area contributed by atoms with E-state index < -0.39 is 34.6 Å². The van der Waals surface area contributed by atoms with Gasteiger partial charge in [0, 0.05) is 0 Å². The molecule has 0 saturated carbocycles. The number of phenolic OH excluding ortho intramolecular Hbond substituents is 1. The summed E-state index contributed by atoms with van der Waals surface area (Å²) in [5.41, 5.74) is -0.637. The first-order valence-corrected chi connectivity index (χ1v) is 4.93. The molecule has 0 unspecified atom stereocenters. The quantitative estimate of drug-likeness (QED) is 0.490. The Bertz CT molecular complexity index is 556. The second-order valence-corrected chi connectivity index (χ2v) is 3.35. The van der Waals surface area contributed by atoms with Crippen molar-refractivity contribution >= 4 is 6.79 Å². The van der Waals surface area contributed by atoms with Crippen LogP contribution >= 0.6 is 0 Å². The fraction of sp³-hybridized carbons (Fsp3) is 0. The van der Waals surface area contributed by atoms with E-state index in [9.17, 15) is 22.7 Å². The van der Waals surface area contributed by atoms with E-state index in [0.29, 0.717) is 0 Å². The lowest BCUT2D eigenvalue weighted by atomic mass is 10.0. The van der Waals surface area contributed by atoms with Gasteiger partial charge in [0.15, 0.2) is 17.4 Å². The van der Waals surface area contributed by atoms with Crippen LogP contribution in [0.1, 0.15) is 0 Å². The van der Waals surface area contributed by atoms with Crippen molar-refractivity contribution in [3.63, 3.8) is 0 Å². The number of halogens is 4. The highest BCUT2D eigenvalue weighted by molar-refractivity contribution is 5.71. The predicted molar refractivity (Wildman–Crippen MR) is 60.5 cm³/mol. The van der Waals surface area contributed by atoms with Crippen LogP contribution in [0.15, 0.2) is 30.3 Å². The Morgan fingerprint density at radius 2 is 1.26 bits per heavy atom. The number of carbonyl (C=O) groups is 1. The van der Waals surface area contributed by atoms with Crippen LogP contribution in [0.25, 0.3) is 11.1 Å². The molecule has 0 amide bonds. The summed E-state index contributed by atoms with van der Waals surface area (Å²) < 4.78 is 52.3. The molecule has 0 aliphatic heterocycles. The zero-order valence-electron chi connectivity index (χ0n) is 9.46. The van der Waals surface area contributed by atoms with Crippen LogP contribution in [0, 0.1) is 23.3 Å². The van der Waals surface area contributed by atoms with Gasteiger partial charge in [-0.3, -0.25) is 0 Å². The molecule has 0 fully saturated rings. The highest BCUT2D eigenvalue weighted by Gasteiger charge is 2.25. The molecule has 0 atom stereocenters. The van der Waals surface area contributed by atoms with Crippen molar-refractivity contribution in [1.82, 2.24) is 0 Å². The maximum absolute atomic E-state index is 13.4. The first-order chi connectivity index (χ1) is 9.04. The normalized spacial score (nSPS) is 9.68. The number of carbonyl (C=O) groups excluding carboxylic acids is 1. The van der Waals surface area contributed by atoms with Gasteiger partial charge in [-0.1, -0.05) is 30.3 Å². The minimum Gasteiger partial charge on any atom is -0.504 e. The molecule has 0 radical (unpaired) electrons. The van der Waals surface area contributed by atoms with Gasteiger partial charge in [0.2, 0.25) is 11.6 Å². The van der Waals surface area contributed by atoms with Crippen LogP contribution in [-0.2, 0) is 4.79 Å². The summed E-state index contributed by atoms with van der Waals surface area (Å²) in [6.45, 7) is 2.00. The Balaban J connectivity index is 0.000000861. The molecule has 2 nitrogen and oxygen atoms in total. The minimum atomic E-state index is -2.03. The van der Waals surface area contributed by atoms with E-state index in [4.69, 9.17) is 4.79 Å². The number of rotatable bonds is 1. The van der Waals surface area contributed by atoms with Crippen LogP contribution in [0.3, 0.4) is 0 Å². The van der Waals surface area contributed by atoms with Crippen LogP contribution < -0.4 is 0 Å². The molecule has 2 aromatic carbocycles. The van der Waals surface area contributed by atoms with E-state index in [1.54, 1.807) is 6.07 Å². The SMILES string of the molecule is C=O.Oc1c(F)c(F)c(F)c(F)c1-c1ccccc1. The molecule has 0 saturated heterocycles. The third kappa shape index (κ3) is 2.57. The predicted octanol–water partition coefficient (Wildman–Crippen LogP) is 3.43. The molecule has 0 spiro atoms. The molecular formula is C13H8F4O2. The summed E-state index contributed by atoms with van der Waals surface area (Å²) in [5, 5.41) is 9.32. The van der Waals surface area contributed by atoms with Gasteiger partial charge in [0.05, 0.1) is 5.56 Å². The molecule has 2 rings (SSSR count). The highest BCUT2D eigenvalue weighted by Crippen LogP contribution is 2.36. The number of aromatic hydroxyl groups is 1. The Hall–Kier alpha value is -2.37. The van der Waals surface area contributed by atoms with Gasteiger partial charge in [-0.05, 0) is 5.56 Å². The summed E-state index contributed by atoms with van der Waals surface area (Å²) >= 11 is 0. The van der Waals surface area contributed by atoms with E-state index in [-0.39, 0.29) is 5.56 Å². The Labute approximate surface area is 105 Å². The van der Waals surface area contributed by atoms with Crippen molar-refractivity contribution in [3.8, 4) is 16.9 Å². The average molecular weight is 272 g/mol. The lowest BCUT2D eigenvalue weighted by Crippen LogP contribution is -1.99. The molecule has 19 heavy (non-hydrogen) atoms. The first-order valence-electron chi connectivity index (χ1n) is 4.93. The summed E-state index contributed by atoms with van der Waals surface area (Å²) in [4.78, 5) is 8.00. The second kappa shape index (κ2) is 5.99. The van der Waals surface area contributed by atoms with Gasteiger partial charge < -0.3 is 9.90 Å². The van der Waals surface area contributed by atoms with Gasteiger partial charge in [-0.2, -0.15) is 4.39 Å². The second-order valence-electron chi connectivity index (χ2n) is 3.35. The zero-order chi connectivity index (χ0) is 14.6. The number of hydrogen-bond donors (Lipinski definition) is 1. The third-order valence-electron chi connectivity index (χ3n) is 2.30. The van der Waals surface area contributed by atoms with E-state index in [1.165, 1.54) is 24.3 Å². The summed E-state index contributed by atoms with van der Waals surface area (Å²) in [6.07, 6.45) is 0. The van der Waals surface area contributed by atoms with Gasteiger partial charge in [-0.25, -0.2) is 13.2 Å². The van der Waals surface area contributed by atoms with Gasteiger partial charge in [-0.15, -0.1) is 0 Å². The van der Waals surface area contributed by atoms with Crippen molar-refractivity contribution in [1.29, 1.82) is 0 Å². The summed E-state index contributed by atoms with van der Waals surface area (Å²) in [6, 6.07) is 7.28. The smallest absolute Gasteiger partial charge is 0.204 e. The van der Waals surface area contributed by atoms with E-state index >= 15 is 0 Å². The third-order valence-corrected chi connectivity index (χ3v) is 2.30. The Kier molecular flexibility index (Phi) is 4.63. The van der Waals surface area contributed by atoms with Crippen molar-refractivity contribution < 1.29 is 27.5 Å². The molecule has 0 aromatic heterocycles. The van der Waals surface area contributed by atoms with Crippen LogP contribution in [0.2, 0.25) is 0 Å². The zero-order valence-corrected chi connectivity index (χ0v) is 9.46. The fourth-order valence-corrected chi connectivity index (χ4v) is 1.49. The van der Waals surface area contributed by atoms with Crippen LogP contribution in [0.4, 0.5) is 17.6 Å². The number of hydrogen-bond acceptors (Lipinski definition) is 2. The molecule has 0 aliphatic carbocycles. The molecular weight excluding hydrogens is 264 g/mol. The van der Waals surface area contributed by atoms with Crippen molar-refractivity contribution in [3.05, 3.63) is 53.6 Å². The lowest BCUT2D eigenvalue weighted by Gasteiger charge is -2.09. The molecule has 0 heterocycles. The minimum absolute atomic E-state index is 0.0558.